The van der Waals surface area contributed by atoms with Crippen LogP contribution < -0.4 is 5.32 Å². The first kappa shape index (κ1) is 35.3. The number of amides is 2. The van der Waals surface area contributed by atoms with Gasteiger partial charge in [0.15, 0.2) is 0 Å². The predicted molar refractivity (Wildman–Crippen MR) is 174 cm³/mol. The van der Waals surface area contributed by atoms with Crippen molar-refractivity contribution >= 4 is 23.3 Å². The summed E-state index contributed by atoms with van der Waals surface area (Å²) in [6.45, 7) is 8.68. The lowest BCUT2D eigenvalue weighted by Gasteiger charge is -2.26. The normalized spacial score (nSPS) is 14.4. The van der Waals surface area contributed by atoms with E-state index in [9.17, 15) is 31.5 Å². The van der Waals surface area contributed by atoms with E-state index >= 15 is 0 Å². The van der Waals surface area contributed by atoms with Crippen LogP contribution in [-0.2, 0) is 17.5 Å². The number of nitrogens with one attached hydrogen (secondary N) is 1. The van der Waals surface area contributed by atoms with Gasteiger partial charge in [-0.05, 0) is 87.6 Å². The van der Waals surface area contributed by atoms with E-state index in [1.807, 2.05) is 4.90 Å². The zero-order valence-electron chi connectivity index (χ0n) is 27.5. The molecule has 5 rings (SSSR count). The molecule has 0 bridgehead atoms. The van der Waals surface area contributed by atoms with Crippen molar-refractivity contribution in [1.82, 2.24) is 19.2 Å². The maximum absolute atomic E-state index is 14.3. The summed E-state index contributed by atoms with van der Waals surface area (Å²) < 4.78 is 77.1. The number of imidazole rings is 1. The monoisotopic (exact) mass is 681 g/mol. The van der Waals surface area contributed by atoms with Crippen LogP contribution in [0.5, 0.6) is 0 Å². The van der Waals surface area contributed by atoms with Crippen molar-refractivity contribution in [2.45, 2.75) is 58.9 Å². The van der Waals surface area contributed by atoms with Gasteiger partial charge in [-0.15, -0.1) is 0 Å². The average Bonchev–Trinajstić information content (AvgIpc) is 3.23. The Bertz CT molecular complexity index is 1920. The number of carbonyl (C=O) groups excluding carboxylic acids is 2. The van der Waals surface area contributed by atoms with Crippen LogP contribution >= 0.6 is 0 Å². The number of aryl methyl sites for hydroxylation is 1. The number of hydrogen-bond acceptors (Lipinski definition) is 5. The number of rotatable bonds is 5. The fourth-order valence-corrected chi connectivity index (χ4v) is 5.45. The summed E-state index contributed by atoms with van der Waals surface area (Å²) in [7, 11) is 0. The van der Waals surface area contributed by atoms with Crippen LogP contribution in [0.25, 0.3) is 5.65 Å². The van der Waals surface area contributed by atoms with E-state index < -0.39 is 41.5 Å². The number of nitrogens with zero attached hydrogens (tertiary/aromatic N) is 4. The van der Waals surface area contributed by atoms with Crippen molar-refractivity contribution < 1.29 is 36.3 Å². The minimum Gasteiger partial charge on any atom is -0.444 e. The minimum absolute atomic E-state index is 0.00493. The fraction of sp³-hybridized carbons (Fsp3) is 0.361. The zero-order chi connectivity index (χ0) is 35.5. The number of benzene rings is 2. The summed E-state index contributed by atoms with van der Waals surface area (Å²) in [5.74, 6) is 4.95. The van der Waals surface area contributed by atoms with Gasteiger partial charge in [0.1, 0.15) is 22.6 Å². The Kier molecular flexibility index (Phi) is 10.3. The Hall–Kier alpha value is -4.96. The summed E-state index contributed by atoms with van der Waals surface area (Å²) >= 11 is 0. The molecule has 2 amide bonds. The molecule has 258 valence electrons. The Labute approximate surface area is 280 Å². The zero-order valence-corrected chi connectivity index (χ0v) is 27.5. The van der Waals surface area contributed by atoms with Crippen LogP contribution in [-0.4, -0.2) is 63.0 Å². The fourth-order valence-electron chi connectivity index (χ4n) is 5.45. The summed E-state index contributed by atoms with van der Waals surface area (Å²) in [6.07, 6.45) is -5.85. The number of halogens is 5. The van der Waals surface area contributed by atoms with E-state index in [2.05, 4.69) is 22.1 Å². The van der Waals surface area contributed by atoms with Crippen molar-refractivity contribution in [1.29, 1.82) is 0 Å². The maximum Gasteiger partial charge on any atom is 0.416 e. The molecule has 1 N–H and O–H groups in total. The van der Waals surface area contributed by atoms with Gasteiger partial charge in [-0.3, -0.25) is 14.1 Å². The number of hydrogen-bond donors (Lipinski definition) is 1. The second-order valence-electron chi connectivity index (χ2n) is 12.8. The summed E-state index contributed by atoms with van der Waals surface area (Å²) in [6, 6.07) is 13.2. The van der Waals surface area contributed by atoms with Crippen LogP contribution in [0.4, 0.5) is 32.4 Å². The van der Waals surface area contributed by atoms with E-state index in [0.717, 1.165) is 6.07 Å². The number of anilines is 1. The minimum atomic E-state index is -4.69. The van der Waals surface area contributed by atoms with Gasteiger partial charge >= 0.3 is 12.3 Å². The third-order valence-corrected chi connectivity index (χ3v) is 7.89. The van der Waals surface area contributed by atoms with Gasteiger partial charge in [0.25, 0.3) is 12.3 Å². The van der Waals surface area contributed by atoms with Gasteiger partial charge in [-0.1, -0.05) is 24.1 Å². The van der Waals surface area contributed by atoms with Gasteiger partial charge in [-0.2, -0.15) is 13.2 Å². The van der Waals surface area contributed by atoms with E-state index in [-0.39, 0.29) is 29.1 Å². The second kappa shape index (κ2) is 14.3. The molecule has 3 heterocycles. The largest absolute Gasteiger partial charge is 0.444 e. The quantitative estimate of drug-likeness (QED) is 0.173. The number of carbonyl (C=O) groups is 2. The molecule has 0 atom stereocenters. The Morgan fingerprint density at radius 3 is 2.47 bits per heavy atom. The SMILES string of the molecule is Cc1ccc(C(=O)Nc2ccc(CN3CCCN(C(=O)OC(C)(C)C)CC3)c(C(F)(F)F)c2)cc1C#Cc1c(C(F)F)nc2ccccn12. The maximum atomic E-state index is 14.3. The Morgan fingerprint density at radius 1 is 0.980 bits per heavy atom. The van der Waals surface area contributed by atoms with E-state index in [1.165, 1.54) is 28.7 Å². The smallest absolute Gasteiger partial charge is 0.416 e. The molecule has 1 fully saturated rings. The molecule has 2 aromatic heterocycles. The molecule has 0 spiro atoms. The number of pyridine rings is 1. The standard InChI is InChI=1S/C36H36F5N5O3/c1-23-9-10-25(20-24(23)12-14-29-31(32(37)38)43-30-8-5-6-17-46(29)30)33(47)42-27-13-11-26(28(21-27)36(39,40)41)22-44-15-7-16-45(19-18-44)34(48)49-35(2,3)4/h5-6,8-11,13,17,20-21,32H,7,15-16,18-19,22H2,1-4H3,(H,42,47). The predicted octanol–water partition coefficient (Wildman–Crippen LogP) is 7.69. The molecule has 0 saturated carbocycles. The Balaban J connectivity index is 1.32. The van der Waals surface area contributed by atoms with Crippen LogP contribution in [0.2, 0.25) is 0 Å². The van der Waals surface area contributed by atoms with E-state index in [4.69, 9.17) is 4.74 Å². The first-order valence-electron chi connectivity index (χ1n) is 15.7. The number of aromatic nitrogens is 2. The molecule has 0 unspecified atom stereocenters. The molecule has 8 nitrogen and oxygen atoms in total. The molecule has 13 heteroatoms. The van der Waals surface area contributed by atoms with Crippen molar-refractivity contribution in [3.8, 4) is 11.8 Å². The highest BCUT2D eigenvalue weighted by atomic mass is 19.4. The first-order chi connectivity index (χ1) is 23.1. The lowest BCUT2D eigenvalue weighted by molar-refractivity contribution is -0.138. The van der Waals surface area contributed by atoms with Gasteiger partial charge in [-0.25, -0.2) is 18.6 Å². The highest BCUT2D eigenvalue weighted by Crippen LogP contribution is 2.35. The van der Waals surface area contributed by atoms with Crippen LogP contribution in [0.1, 0.15) is 77.6 Å². The Morgan fingerprint density at radius 2 is 1.76 bits per heavy atom. The first-order valence-corrected chi connectivity index (χ1v) is 15.7. The number of alkyl halides is 5. The average molecular weight is 682 g/mol. The van der Waals surface area contributed by atoms with Crippen LogP contribution in [0.15, 0.2) is 60.8 Å². The summed E-state index contributed by atoms with van der Waals surface area (Å²) in [5, 5.41) is 2.54. The molecule has 1 saturated heterocycles. The molecule has 4 aromatic rings. The van der Waals surface area contributed by atoms with Crippen molar-refractivity contribution in [3.05, 3.63) is 100.0 Å². The second-order valence-corrected chi connectivity index (χ2v) is 12.8. The molecule has 0 aliphatic carbocycles. The molecule has 1 aliphatic heterocycles. The molecular formula is C36H36F5N5O3. The highest BCUT2D eigenvalue weighted by Gasteiger charge is 2.34. The molecule has 0 radical (unpaired) electrons. The lowest BCUT2D eigenvalue weighted by atomic mass is 10.0. The van der Waals surface area contributed by atoms with Crippen LogP contribution in [0.3, 0.4) is 0 Å². The number of fused-ring (bicyclic) bond motifs is 1. The molecular weight excluding hydrogens is 645 g/mol. The van der Waals surface area contributed by atoms with Gasteiger partial charge in [0.2, 0.25) is 0 Å². The van der Waals surface area contributed by atoms with Crippen molar-refractivity contribution in [3.63, 3.8) is 0 Å². The van der Waals surface area contributed by atoms with Gasteiger partial charge in [0.05, 0.1) is 5.56 Å². The lowest BCUT2D eigenvalue weighted by Crippen LogP contribution is -2.39. The van der Waals surface area contributed by atoms with Crippen molar-refractivity contribution in [2.75, 3.05) is 31.5 Å². The van der Waals surface area contributed by atoms with Gasteiger partial charge < -0.3 is 15.0 Å². The van der Waals surface area contributed by atoms with Crippen molar-refractivity contribution in [2.24, 2.45) is 0 Å². The summed E-state index contributed by atoms with van der Waals surface area (Å²) in [4.78, 5) is 33.1. The van der Waals surface area contributed by atoms with Crippen LogP contribution in [0, 0.1) is 18.8 Å². The van der Waals surface area contributed by atoms with Gasteiger partial charge in [0, 0.05) is 55.7 Å². The molecule has 1 aliphatic rings. The van der Waals surface area contributed by atoms with E-state index in [0.29, 0.717) is 49.4 Å². The molecule has 2 aromatic carbocycles. The molecule has 49 heavy (non-hydrogen) atoms. The summed E-state index contributed by atoms with van der Waals surface area (Å²) in [5.41, 5.74) is -0.503. The highest BCUT2D eigenvalue weighted by molar-refractivity contribution is 6.04. The third-order valence-electron chi connectivity index (χ3n) is 7.89. The number of ether oxygens (including phenoxy) is 1. The van der Waals surface area contributed by atoms with E-state index in [1.54, 1.807) is 63.1 Å². The third kappa shape index (κ3) is 8.75. The topological polar surface area (TPSA) is 79.2 Å².